The van der Waals surface area contributed by atoms with Crippen molar-refractivity contribution in [1.29, 1.82) is 0 Å². The average molecular weight is 170 g/mol. The Balaban J connectivity index is 2.48. The minimum absolute atomic E-state index is 0.00889. The van der Waals surface area contributed by atoms with Crippen LogP contribution in [0.2, 0.25) is 0 Å². The van der Waals surface area contributed by atoms with Gasteiger partial charge >= 0.3 is 0 Å². The summed E-state index contributed by atoms with van der Waals surface area (Å²) in [7, 11) is 3.74. The van der Waals surface area contributed by atoms with Gasteiger partial charge in [0.2, 0.25) is 7.41 Å². The van der Waals surface area contributed by atoms with E-state index in [4.69, 9.17) is 4.74 Å². The van der Waals surface area contributed by atoms with E-state index in [9.17, 15) is 5.11 Å². The first-order valence-corrected chi connectivity index (χ1v) is 4.54. The van der Waals surface area contributed by atoms with Gasteiger partial charge in [-0.15, -0.1) is 0 Å². The molecule has 2 N–H and O–H groups in total. The Bertz CT molecular complexity index is 145. The van der Waals surface area contributed by atoms with Crippen LogP contribution in [0.3, 0.4) is 0 Å². The maximum absolute atomic E-state index is 9.68. The number of hydrogen-bond donors (Lipinski definition) is 2. The van der Waals surface area contributed by atoms with Gasteiger partial charge in [-0.2, -0.15) is 0 Å². The molecule has 3 nitrogen and oxygen atoms in total. The van der Waals surface area contributed by atoms with Crippen LogP contribution >= 0.6 is 0 Å². The number of aliphatic hydroxyl groups excluding tert-OH is 1. The highest BCUT2D eigenvalue weighted by Crippen LogP contribution is 2.27. The summed E-state index contributed by atoms with van der Waals surface area (Å²) in [6, 6.07) is 0.0509. The third-order valence-corrected chi connectivity index (χ3v) is 2.50. The first-order valence-electron chi connectivity index (χ1n) is 4.54. The Labute approximate surface area is 74.8 Å². The Kier molecular flexibility index (Phi) is 3.56. The van der Waals surface area contributed by atoms with Crippen LogP contribution in [0.5, 0.6) is 0 Å². The molecule has 69 valence electrons. The second kappa shape index (κ2) is 4.26. The Morgan fingerprint density at radius 3 is 2.67 bits per heavy atom. The van der Waals surface area contributed by atoms with Crippen molar-refractivity contribution in [3.05, 3.63) is 0 Å². The molecule has 4 atom stereocenters. The van der Waals surface area contributed by atoms with E-state index < -0.39 is 0 Å². The molecule has 0 aromatic heterocycles. The number of aliphatic hydroxyl groups is 1. The fourth-order valence-electron chi connectivity index (χ4n) is 1.63. The fourth-order valence-corrected chi connectivity index (χ4v) is 1.63. The second-order valence-corrected chi connectivity index (χ2v) is 3.35. The third kappa shape index (κ3) is 1.81. The minimum atomic E-state index is -0.315. The molecule has 1 fully saturated rings. The molecule has 1 aliphatic rings. The molecule has 1 aliphatic heterocycles. The van der Waals surface area contributed by atoms with E-state index in [0.29, 0.717) is 0 Å². The first kappa shape index (κ1) is 10.0. The van der Waals surface area contributed by atoms with Gasteiger partial charge in [0, 0.05) is 11.9 Å². The SMILES string of the molecule is CC[C@H]1O[C@@H]([B]NC)[C@@H](C)C1O. The van der Waals surface area contributed by atoms with Gasteiger partial charge < -0.3 is 15.1 Å². The monoisotopic (exact) mass is 170 g/mol. The normalized spacial score (nSPS) is 41.7. The summed E-state index contributed by atoms with van der Waals surface area (Å²) < 4.78 is 5.61. The number of ether oxygens (including phenoxy) is 1. The highest BCUT2D eigenvalue weighted by molar-refractivity contribution is 6.34. The topological polar surface area (TPSA) is 41.5 Å². The Morgan fingerprint density at radius 2 is 2.25 bits per heavy atom. The molecule has 4 heteroatoms. The van der Waals surface area contributed by atoms with Gasteiger partial charge in [0.15, 0.2) is 0 Å². The summed E-state index contributed by atoms with van der Waals surface area (Å²) in [4.78, 5) is 0. The maximum Gasteiger partial charge on any atom is 0.241 e. The standard InChI is InChI=1S/C8H17BNO2/c1-4-6-7(11)5(2)8(12-6)9-10-3/h5-8,10-11H,4H2,1-3H3/t5-,6+,7?,8+/m0/s1. The van der Waals surface area contributed by atoms with Gasteiger partial charge in [-0.3, -0.25) is 0 Å². The molecular formula is C8H17BNO2. The lowest BCUT2D eigenvalue weighted by molar-refractivity contribution is 0.0285. The van der Waals surface area contributed by atoms with Gasteiger partial charge in [-0.25, -0.2) is 0 Å². The van der Waals surface area contributed by atoms with Gasteiger partial charge in [0.1, 0.15) is 0 Å². The molecule has 0 aliphatic carbocycles. The zero-order valence-corrected chi connectivity index (χ0v) is 7.95. The van der Waals surface area contributed by atoms with Crippen molar-refractivity contribution in [2.24, 2.45) is 5.92 Å². The predicted octanol–water partition coefficient (Wildman–Crippen LogP) is -0.0431. The lowest BCUT2D eigenvalue weighted by Crippen LogP contribution is -2.33. The van der Waals surface area contributed by atoms with E-state index in [2.05, 4.69) is 5.23 Å². The van der Waals surface area contributed by atoms with Crippen LogP contribution in [0.1, 0.15) is 20.3 Å². The van der Waals surface area contributed by atoms with E-state index in [1.165, 1.54) is 0 Å². The molecule has 0 aromatic rings. The Hall–Kier alpha value is -0.0551. The van der Waals surface area contributed by atoms with Crippen LogP contribution in [0.4, 0.5) is 0 Å². The third-order valence-electron chi connectivity index (χ3n) is 2.50. The lowest BCUT2D eigenvalue weighted by atomic mass is 9.77. The van der Waals surface area contributed by atoms with Crippen molar-refractivity contribution in [3.8, 4) is 0 Å². The fraction of sp³-hybridized carbons (Fsp3) is 1.00. The van der Waals surface area contributed by atoms with Crippen LogP contribution in [-0.2, 0) is 4.74 Å². The largest absolute Gasteiger partial charge is 0.390 e. The molecule has 1 saturated heterocycles. The number of nitrogens with one attached hydrogen (secondary N) is 1. The van der Waals surface area contributed by atoms with Gasteiger partial charge in [0.25, 0.3) is 0 Å². The first-order chi connectivity index (χ1) is 5.70. The highest BCUT2D eigenvalue weighted by atomic mass is 16.5. The van der Waals surface area contributed by atoms with Gasteiger partial charge in [-0.05, 0) is 13.5 Å². The summed E-state index contributed by atoms with van der Waals surface area (Å²) in [5.74, 6) is 0.197. The molecule has 12 heavy (non-hydrogen) atoms. The maximum atomic E-state index is 9.68. The van der Waals surface area contributed by atoms with E-state index in [-0.39, 0.29) is 24.1 Å². The van der Waals surface area contributed by atoms with Crippen LogP contribution in [-0.4, -0.2) is 37.8 Å². The summed E-state index contributed by atoms with van der Waals surface area (Å²) in [6.07, 6.45) is 0.568. The van der Waals surface area contributed by atoms with E-state index >= 15 is 0 Å². The van der Waals surface area contributed by atoms with E-state index in [0.717, 1.165) is 6.42 Å². The van der Waals surface area contributed by atoms with Crippen LogP contribution in [0, 0.1) is 5.92 Å². The summed E-state index contributed by atoms with van der Waals surface area (Å²) in [5, 5.41) is 12.6. The summed E-state index contributed by atoms with van der Waals surface area (Å²) in [6.45, 7) is 4.04. The average Bonchev–Trinajstić information content (AvgIpc) is 2.33. The van der Waals surface area contributed by atoms with Crippen molar-refractivity contribution in [3.63, 3.8) is 0 Å². The molecular weight excluding hydrogens is 153 g/mol. The minimum Gasteiger partial charge on any atom is -0.390 e. The molecule has 0 amide bonds. The zero-order valence-electron chi connectivity index (χ0n) is 7.95. The van der Waals surface area contributed by atoms with Crippen molar-refractivity contribution in [1.82, 2.24) is 5.23 Å². The van der Waals surface area contributed by atoms with E-state index in [1.807, 2.05) is 28.3 Å². The summed E-state index contributed by atoms with van der Waals surface area (Å²) >= 11 is 0. The predicted molar refractivity (Wildman–Crippen MR) is 48.9 cm³/mol. The van der Waals surface area contributed by atoms with Crippen molar-refractivity contribution in [2.75, 3.05) is 7.05 Å². The van der Waals surface area contributed by atoms with Crippen LogP contribution < -0.4 is 5.23 Å². The van der Waals surface area contributed by atoms with Crippen molar-refractivity contribution >= 4 is 7.41 Å². The molecule has 1 radical (unpaired) electrons. The number of rotatable bonds is 3. The highest BCUT2D eigenvalue weighted by Gasteiger charge is 2.39. The molecule has 1 rings (SSSR count). The molecule has 0 bridgehead atoms. The quantitative estimate of drug-likeness (QED) is 0.584. The number of hydrogen-bond acceptors (Lipinski definition) is 3. The molecule has 1 heterocycles. The molecule has 1 unspecified atom stereocenters. The van der Waals surface area contributed by atoms with Crippen LogP contribution in [0.25, 0.3) is 0 Å². The van der Waals surface area contributed by atoms with Crippen molar-refractivity contribution < 1.29 is 9.84 Å². The molecule has 0 spiro atoms. The van der Waals surface area contributed by atoms with Gasteiger partial charge in [0.05, 0.1) is 12.2 Å². The molecule has 0 saturated carbocycles. The van der Waals surface area contributed by atoms with Crippen molar-refractivity contribution in [2.45, 2.75) is 38.5 Å². The summed E-state index contributed by atoms with van der Waals surface area (Å²) in [5.41, 5.74) is 0. The smallest absolute Gasteiger partial charge is 0.241 e. The second-order valence-electron chi connectivity index (χ2n) is 3.35. The van der Waals surface area contributed by atoms with Crippen LogP contribution in [0.15, 0.2) is 0 Å². The van der Waals surface area contributed by atoms with Gasteiger partial charge in [-0.1, -0.05) is 13.8 Å². The molecule has 0 aromatic carbocycles. The van der Waals surface area contributed by atoms with E-state index in [1.54, 1.807) is 0 Å². The Morgan fingerprint density at radius 1 is 1.58 bits per heavy atom. The zero-order chi connectivity index (χ0) is 9.14. The lowest BCUT2D eigenvalue weighted by Gasteiger charge is -2.12.